The second-order valence-electron chi connectivity index (χ2n) is 4.56. The lowest BCUT2D eigenvalue weighted by atomic mass is 10.1. The van der Waals surface area contributed by atoms with Crippen molar-refractivity contribution < 1.29 is 29.5 Å². The summed E-state index contributed by atoms with van der Waals surface area (Å²) in [5.74, 6) is 0.702. The number of hydrogen-bond acceptors (Lipinski definition) is 6. The van der Waals surface area contributed by atoms with Crippen molar-refractivity contribution in [1.82, 2.24) is 0 Å². The van der Waals surface area contributed by atoms with E-state index in [0.29, 0.717) is 11.3 Å². The number of benzene rings is 2. The minimum absolute atomic E-state index is 0.106. The molecule has 122 valence electrons. The highest BCUT2D eigenvalue weighted by Gasteiger charge is 2.21. The summed E-state index contributed by atoms with van der Waals surface area (Å²) in [6.07, 6.45) is 3.55. The SMILES string of the molecule is COOc1c(OC)c(O)cc(/C=C/c2ccc(O)cc2)c1OC. The van der Waals surface area contributed by atoms with Crippen LogP contribution in [-0.4, -0.2) is 31.5 Å². The molecule has 23 heavy (non-hydrogen) atoms. The van der Waals surface area contributed by atoms with Gasteiger partial charge in [0.25, 0.3) is 5.75 Å². The molecule has 0 heterocycles. The first-order valence-corrected chi connectivity index (χ1v) is 6.76. The highest BCUT2D eigenvalue weighted by atomic mass is 17.2. The van der Waals surface area contributed by atoms with Crippen LogP contribution in [0.2, 0.25) is 0 Å². The van der Waals surface area contributed by atoms with Gasteiger partial charge in [-0.2, -0.15) is 4.89 Å². The van der Waals surface area contributed by atoms with Crippen molar-refractivity contribution in [3.05, 3.63) is 41.5 Å². The maximum atomic E-state index is 10.1. The average molecular weight is 318 g/mol. The summed E-state index contributed by atoms with van der Waals surface area (Å²) in [6.45, 7) is 0. The third kappa shape index (κ3) is 3.67. The standard InChI is InChI=1S/C17H18O6/c1-20-15-12(7-4-11-5-8-13(18)9-6-11)10-14(19)16(21-2)17(15)23-22-3/h4-10,18-19H,1-3H3/b7-4+. The number of phenols is 2. The molecule has 0 amide bonds. The van der Waals surface area contributed by atoms with E-state index in [4.69, 9.17) is 14.4 Å². The van der Waals surface area contributed by atoms with Gasteiger partial charge in [0, 0.05) is 5.56 Å². The highest BCUT2D eigenvalue weighted by Crippen LogP contribution is 2.46. The molecule has 0 saturated heterocycles. The lowest BCUT2D eigenvalue weighted by Gasteiger charge is -2.15. The van der Waals surface area contributed by atoms with E-state index >= 15 is 0 Å². The fourth-order valence-corrected chi connectivity index (χ4v) is 2.09. The van der Waals surface area contributed by atoms with Crippen LogP contribution in [0.3, 0.4) is 0 Å². The number of ether oxygens (including phenoxy) is 2. The molecule has 0 saturated carbocycles. The molecule has 2 aromatic carbocycles. The summed E-state index contributed by atoms with van der Waals surface area (Å²) in [7, 11) is 4.23. The zero-order valence-corrected chi connectivity index (χ0v) is 13.1. The molecule has 0 spiro atoms. The van der Waals surface area contributed by atoms with Crippen molar-refractivity contribution in [3.8, 4) is 28.7 Å². The third-order valence-electron chi connectivity index (χ3n) is 3.12. The molecule has 0 aromatic heterocycles. The Bertz CT molecular complexity index is 691. The molecule has 2 rings (SSSR count). The molecule has 2 N–H and O–H groups in total. The Morgan fingerprint density at radius 3 is 2.04 bits per heavy atom. The second-order valence-corrected chi connectivity index (χ2v) is 4.56. The van der Waals surface area contributed by atoms with Gasteiger partial charge >= 0.3 is 0 Å². The van der Waals surface area contributed by atoms with E-state index in [9.17, 15) is 10.2 Å². The fourth-order valence-electron chi connectivity index (χ4n) is 2.09. The van der Waals surface area contributed by atoms with E-state index in [1.165, 1.54) is 27.4 Å². The molecule has 6 nitrogen and oxygen atoms in total. The van der Waals surface area contributed by atoms with Crippen molar-refractivity contribution in [2.24, 2.45) is 0 Å². The van der Waals surface area contributed by atoms with Crippen LogP contribution in [0.4, 0.5) is 0 Å². The maximum absolute atomic E-state index is 10.1. The lowest BCUT2D eigenvalue weighted by Crippen LogP contribution is -2.00. The quantitative estimate of drug-likeness (QED) is 0.484. The summed E-state index contributed by atoms with van der Waals surface area (Å²) in [4.78, 5) is 9.74. The molecule has 0 aliphatic heterocycles. The Morgan fingerprint density at radius 2 is 1.48 bits per heavy atom. The van der Waals surface area contributed by atoms with Crippen molar-refractivity contribution in [1.29, 1.82) is 0 Å². The van der Waals surface area contributed by atoms with E-state index < -0.39 is 0 Å². The minimum Gasteiger partial charge on any atom is -0.508 e. The first-order chi connectivity index (χ1) is 11.1. The van der Waals surface area contributed by atoms with Crippen LogP contribution in [0.5, 0.6) is 28.7 Å². The number of phenolic OH excluding ortho intramolecular Hbond substituents is 2. The largest absolute Gasteiger partial charge is 0.508 e. The summed E-state index contributed by atoms with van der Waals surface area (Å²) in [6, 6.07) is 8.18. The Hall–Kier alpha value is -2.86. The van der Waals surface area contributed by atoms with E-state index in [1.54, 1.807) is 36.4 Å². The van der Waals surface area contributed by atoms with Gasteiger partial charge in [0.2, 0.25) is 5.75 Å². The zero-order valence-electron chi connectivity index (χ0n) is 13.1. The normalized spacial score (nSPS) is 10.7. The first kappa shape index (κ1) is 16.5. The van der Waals surface area contributed by atoms with Crippen molar-refractivity contribution in [3.63, 3.8) is 0 Å². The molecule has 0 unspecified atom stereocenters. The Balaban J connectivity index is 2.46. The van der Waals surface area contributed by atoms with E-state index in [-0.39, 0.29) is 23.0 Å². The van der Waals surface area contributed by atoms with Gasteiger partial charge in [0.15, 0.2) is 11.5 Å². The topological polar surface area (TPSA) is 77.4 Å². The molecule has 0 aliphatic carbocycles. The van der Waals surface area contributed by atoms with E-state index in [1.807, 2.05) is 0 Å². The van der Waals surface area contributed by atoms with Gasteiger partial charge in [-0.1, -0.05) is 24.3 Å². The van der Waals surface area contributed by atoms with Gasteiger partial charge in [-0.15, -0.1) is 0 Å². The Morgan fingerprint density at radius 1 is 0.826 bits per heavy atom. The maximum Gasteiger partial charge on any atom is 0.253 e. The number of aromatic hydroxyl groups is 2. The summed E-state index contributed by atoms with van der Waals surface area (Å²) in [5, 5.41) is 19.4. The van der Waals surface area contributed by atoms with Gasteiger partial charge in [-0.25, -0.2) is 0 Å². The predicted octanol–water partition coefficient (Wildman–Crippen LogP) is 3.23. The van der Waals surface area contributed by atoms with Crippen LogP contribution >= 0.6 is 0 Å². The van der Waals surface area contributed by atoms with Crippen LogP contribution in [0.15, 0.2) is 30.3 Å². The number of rotatable bonds is 6. The van der Waals surface area contributed by atoms with Crippen molar-refractivity contribution >= 4 is 12.2 Å². The molecular weight excluding hydrogens is 300 g/mol. The molecule has 0 radical (unpaired) electrons. The van der Waals surface area contributed by atoms with Crippen LogP contribution in [0, 0.1) is 0 Å². The Kier molecular flexibility index (Phi) is 5.32. The van der Waals surface area contributed by atoms with Crippen molar-refractivity contribution in [2.75, 3.05) is 21.3 Å². The molecule has 0 aliphatic rings. The summed E-state index contributed by atoms with van der Waals surface area (Å²) < 4.78 is 10.5. The molecule has 0 atom stereocenters. The van der Waals surface area contributed by atoms with Crippen LogP contribution in [0.25, 0.3) is 12.2 Å². The average Bonchev–Trinajstić information content (AvgIpc) is 2.55. The first-order valence-electron chi connectivity index (χ1n) is 6.76. The number of hydrogen-bond donors (Lipinski definition) is 2. The summed E-state index contributed by atoms with van der Waals surface area (Å²) >= 11 is 0. The molecule has 0 fully saturated rings. The number of methoxy groups -OCH3 is 2. The molecule has 6 heteroatoms. The monoisotopic (exact) mass is 318 g/mol. The van der Waals surface area contributed by atoms with E-state index in [0.717, 1.165) is 5.56 Å². The lowest BCUT2D eigenvalue weighted by molar-refractivity contribution is -0.180. The highest BCUT2D eigenvalue weighted by molar-refractivity contribution is 5.77. The van der Waals surface area contributed by atoms with E-state index in [2.05, 4.69) is 4.89 Å². The third-order valence-corrected chi connectivity index (χ3v) is 3.12. The molecule has 0 bridgehead atoms. The van der Waals surface area contributed by atoms with Gasteiger partial charge in [-0.05, 0) is 23.8 Å². The fraction of sp³-hybridized carbons (Fsp3) is 0.176. The van der Waals surface area contributed by atoms with Gasteiger partial charge in [0.1, 0.15) is 5.75 Å². The summed E-state index contributed by atoms with van der Waals surface area (Å²) in [5.41, 5.74) is 1.44. The van der Waals surface area contributed by atoms with Crippen molar-refractivity contribution in [2.45, 2.75) is 0 Å². The Labute approximate surface area is 134 Å². The zero-order chi connectivity index (χ0) is 16.8. The van der Waals surface area contributed by atoms with Crippen LogP contribution in [-0.2, 0) is 4.89 Å². The van der Waals surface area contributed by atoms with Gasteiger partial charge < -0.3 is 24.6 Å². The van der Waals surface area contributed by atoms with Crippen LogP contribution < -0.4 is 14.4 Å². The van der Waals surface area contributed by atoms with Crippen LogP contribution in [0.1, 0.15) is 11.1 Å². The smallest absolute Gasteiger partial charge is 0.253 e. The second kappa shape index (κ2) is 7.42. The predicted molar refractivity (Wildman–Crippen MR) is 85.9 cm³/mol. The molecular formula is C17H18O6. The van der Waals surface area contributed by atoms with Gasteiger partial charge in [0.05, 0.1) is 21.3 Å². The van der Waals surface area contributed by atoms with Gasteiger partial charge in [-0.3, -0.25) is 0 Å². The molecule has 2 aromatic rings. The minimum atomic E-state index is -0.106.